The van der Waals surface area contributed by atoms with E-state index in [9.17, 15) is 0 Å². The van der Waals surface area contributed by atoms with Gasteiger partial charge in [0, 0.05) is 10.8 Å². The van der Waals surface area contributed by atoms with E-state index in [4.69, 9.17) is 14.6 Å². The zero-order valence-corrected chi connectivity index (χ0v) is 13.2. The molecule has 0 rings (SSSR count). The summed E-state index contributed by atoms with van der Waals surface area (Å²) >= 11 is 2.50. The fourth-order valence-electron chi connectivity index (χ4n) is 1.21. The van der Waals surface area contributed by atoms with Crippen molar-refractivity contribution >= 4 is 40.2 Å². The van der Waals surface area contributed by atoms with Gasteiger partial charge in [-0.3, -0.25) is 0 Å². The summed E-state index contributed by atoms with van der Waals surface area (Å²) in [5.74, 6) is 0. The molecule has 0 N–H and O–H groups in total. The van der Waals surface area contributed by atoms with Crippen LogP contribution in [0.25, 0.3) is 0 Å². The first kappa shape index (κ1) is 15.1. The predicted octanol–water partition coefficient (Wildman–Crippen LogP) is 2.92. The molecular weight excluding hydrogens is 260 g/mol. The lowest BCUT2D eigenvalue weighted by atomic mass is 11.8. The molecule has 0 heterocycles. The fraction of sp³-hybridized carbons (Fsp3) is 0.750. The second-order valence-corrected chi connectivity index (χ2v) is 15.6. The SMILES string of the molecule is C[Si](C)(C)O[Si](C)(CSC#N)CSC#N. The van der Waals surface area contributed by atoms with Crippen molar-refractivity contribution in [1.29, 1.82) is 10.5 Å². The Morgan fingerprint density at radius 1 is 1.00 bits per heavy atom. The number of thioether (sulfide) groups is 2. The summed E-state index contributed by atoms with van der Waals surface area (Å²) in [7, 11) is -3.46. The summed E-state index contributed by atoms with van der Waals surface area (Å²) < 4.78 is 6.16. The number of hydrogen-bond donors (Lipinski definition) is 0. The smallest absolute Gasteiger partial charge is 0.198 e. The lowest BCUT2D eigenvalue weighted by molar-refractivity contribution is 0.557. The van der Waals surface area contributed by atoms with Crippen LogP contribution in [0.4, 0.5) is 0 Å². The number of rotatable bonds is 6. The van der Waals surface area contributed by atoms with Crippen LogP contribution in [0.5, 0.6) is 0 Å². The van der Waals surface area contributed by atoms with Crippen molar-refractivity contribution in [2.45, 2.75) is 26.2 Å². The number of nitriles is 2. The Balaban J connectivity index is 4.42. The summed E-state index contributed by atoms with van der Waals surface area (Å²) in [4.78, 5) is 0. The lowest BCUT2D eigenvalue weighted by Crippen LogP contribution is -2.49. The minimum absolute atomic E-state index is 0.752. The van der Waals surface area contributed by atoms with Gasteiger partial charge in [-0.05, 0) is 49.7 Å². The highest BCUT2D eigenvalue weighted by Crippen LogP contribution is 2.22. The van der Waals surface area contributed by atoms with Crippen LogP contribution in [0, 0.1) is 21.3 Å². The average molecular weight is 277 g/mol. The molecule has 0 saturated carbocycles. The second-order valence-electron chi connectivity index (χ2n) is 4.42. The van der Waals surface area contributed by atoms with Crippen molar-refractivity contribution in [2.24, 2.45) is 0 Å². The van der Waals surface area contributed by atoms with Gasteiger partial charge in [0.1, 0.15) is 10.8 Å². The largest absolute Gasteiger partial charge is 0.454 e. The molecule has 84 valence electrons. The summed E-state index contributed by atoms with van der Waals surface area (Å²) in [6.07, 6.45) is 0. The van der Waals surface area contributed by atoms with Crippen LogP contribution in [0.15, 0.2) is 0 Å². The third kappa shape index (κ3) is 7.94. The molecule has 0 aromatic carbocycles. The maximum atomic E-state index is 8.57. The zero-order chi connectivity index (χ0) is 11.9. The van der Waals surface area contributed by atoms with Gasteiger partial charge in [-0.1, -0.05) is 0 Å². The molecule has 0 aromatic heterocycles. The Kier molecular flexibility index (Phi) is 6.64. The molecule has 0 unspecified atom stereocenters. The highest BCUT2D eigenvalue weighted by atomic mass is 32.2. The van der Waals surface area contributed by atoms with Gasteiger partial charge in [0.05, 0.1) is 0 Å². The van der Waals surface area contributed by atoms with Crippen LogP contribution in [-0.2, 0) is 4.12 Å². The Morgan fingerprint density at radius 3 is 1.67 bits per heavy atom. The third-order valence-electron chi connectivity index (χ3n) is 1.44. The minimum atomic E-state index is -1.88. The van der Waals surface area contributed by atoms with E-state index in [-0.39, 0.29) is 0 Å². The average Bonchev–Trinajstić information content (AvgIpc) is 2.09. The molecule has 7 heteroatoms. The molecule has 0 aliphatic heterocycles. The quantitative estimate of drug-likeness (QED) is 0.551. The van der Waals surface area contributed by atoms with E-state index in [2.05, 4.69) is 37.0 Å². The Labute approximate surface area is 102 Å². The van der Waals surface area contributed by atoms with Gasteiger partial charge in [0.25, 0.3) is 0 Å². The van der Waals surface area contributed by atoms with Crippen molar-refractivity contribution in [2.75, 3.05) is 10.8 Å². The van der Waals surface area contributed by atoms with Gasteiger partial charge >= 0.3 is 0 Å². The molecule has 0 bridgehead atoms. The number of nitrogens with zero attached hydrogens (tertiary/aromatic N) is 2. The molecular formula is C8H16N2OS2Si2. The van der Waals surface area contributed by atoms with Crippen molar-refractivity contribution in [3.8, 4) is 10.8 Å². The topological polar surface area (TPSA) is 56.8 Å². The summed E-state index contributed by atoms with van der Waals surface area (Å²) in [6, 6.07) is 0. The molecule has 3 nitrogen and oxygen atoms in total. The standard InChI is InChI=1S/C8H16N2OS2Si2/c1-14(2,3)11-15(4,7-12-5-9)8-13-6-10/h7-8H2,1-4H3. The minimum Gasteiger partial charge on any atom is -0.454 e. The molecule has 0 spiro atoms. The van der Waals surface area contributed by atoms with Crippen molar-refractivity contribution in [3.63, 3.8) is 0 Å². The van der Waals surface area contributed by atoms with Crippen LogP contribution >= 0.6 is 23.5 Å². The molecule has 15 heavy (non-hydrogen) atoms. The molecule has 0 aliphatic carbocycles. The van der Waals surface area contributed by atoms with Crippen molar-refractivity contribution in [3.05, 3.63) is 0 Å². The summed E-state index contributed by atoms with van der Waals surface area (Å²) in [6.45, 7) is 8.55. The fourth-order valence-corrected chi connectivity index (χ4v) is 12.7. The third-order valence-corrected chi connectivity index (χ3v) is 12.2. The van der Waals surface area contributed by atoms with Gasteiger partial charge < -0.3 is 4.12 Å². The van der Waals surface area contributed by atoms with E-state index in [1.807, 2.05) is 0 Å². The first-order valence-electron chi connectivity index (χ1n) is 4.55. The van der Waals surface area contributed by atoms with Crippen LogP contribution in [0.1, 0.15) is 0 Å². The van der Waals surface area contributed by atoms with Crippen molar-refractivity contribution < 1.29 is 4.12 Å². The Morgan fingerprint density at radius 2 is 1.40 bits per heavy atom. The van der Waals surface area contributed by atoms with Gasteiger partial charge in [-0.25, -0.2) is 0 Å². The lowest BCUT2D eigenvalue weighted by Gasteiger charge is -2.32. The number of thiocyanates is 2. The van der Waals surface area contributed by atoms with E-state index >= 15 is 0 Å². The first-order valence-corrected chi connectivity index (χ1v) is 12.8. The maximum absolute atomic E-state index is 8.57. The molecule has 0 amide bonds. The van der Waals surface area contributed by atoms with Crippen LogP contribution in [0.2, 0.25) is 26.2 Å². The second kappa shape index (κ2) is 6.61. The van der Waals surface area contributed by atoms with E-state index < -0.39 is 16.6 Å². The molecule has 0 aliphatic rings. The molecule has 0 saturated heterocycles. The highest BCUT2D eigenvalue weighted by Gasteiger charge is 2.34. The van der Waals surface area contributed by atoms with E-state index in [1.54, 1.807) is 0 Å². The van der Waals surface area contributed by atoms with E-state index in [0.29, 0.717) is 0 Å². The molecule has 0 aromatic rings. The zero-order valence-electron chi connectivity index (χ0n) is 9.53. The Hall–Kier alpha value is 0.0738. The monoisotopic (exact) mass is 276 g/mol. The molecule has 0 radical (unpaired) electrons. The van der Waals surface area contributed by atoms with E-state index in [1.165, 1.54) is 23.5 Å². The summed E-state index contributed by atoms with van der Waals surface area (Å²) in [5.41, 5.74) is 0. The molecule has 0 atom stereocenters. The van der Waals surface area contributed by atoms with Gasteiger partial charge in [-0.2, -0.15) is 10.5 Å². The van der Waals surface area contributed by atoms with Gasteiger partial charge in [0.15, 0.2) is 16.6 Å². The normalized spacial score (nSPS) is 11.9. The van der Waals surface area contributed by atoms with Crippen LogP contribution in [0.3, 0.4) is 0 Å². The van der Waals surface area contributed by atoms with Crippen LogP contribution < -0.4 is 0 Å². The van der Waals surface area contributed by atoms with Gasteiger partial charge in [-0.15, -0.1) is 0 Å². The van der Waals surface area contributed by atoms with Gasteiger partial charge in [0.2, 0.25) is 0 Å². The van der Waals surface area contributed by atoms with E-state index in [0.717, 1.165) is 10.8 Å². The predicted molar refractivity (Wildman–Crippen MR) is 72.2 cm³/mol. The summed E-state index contributed by atoms with van der Waals surface area (Å²) in [5, 5.41) is 22.8. The van der Waals surface area contributed by atoms with Crippen LogP contribution in [-0.4, -0.2) is 27.4 Å². The molecule has 0 fully saturated rings. The first-order chi connectivity index (χ1) is 6.83. The highest BCUT2D eigenvalue weighted by molar-refractivity contribution is 8.07. The van der Waals surface area contributed by atoms with Crippen molar-refractivity contribution in [1.82, 2.24) is 0 Å². The Bertz CT molecular complexity index is 262. The maximum Gasteiger partial charge on any atom is 0.198 e. The number of hydrogen-bond acceptors (Lipinski definition) is 5.